The minimum atomic E-state index is 0.399. The molecule has 1 saturated carbocycles. The van der Waals surface area contributed by atoms with Crippen LogP contribution in [0.2, 0.25) is 5.02 Å². The average Bonchev–Trinajstić information content (AvgIpc) is 2.71. The van der Waals surface area contributed by atoms with Crippen molar-refractivity contribution in [1.82, 2.24) is 15.1 Å². The Labute approximate surface area is 134 Å². The zero-order valence-corrected chi connectivity index (χ0v) is 14.8. The van der Waals surface area contributed by atoms with Crippen LogP contribution in [0, 0.1) is 11.3 Å². The van der Waals surface area contributed by atoms with Gasteiger partial charge in [0.05, 0.1) is 16.4 Å². The minimum absolute atomic E-state index is 0.399. The van der Waals surface area contributed by atoms with Crippen LogP contribution in [0.5, 0.6) is 0 Å². The first-order chi connectivity index (χ1) is 10.0. The molecule has 1 heterocycles. The van der Waals surface area contributed by atoms with E-state index in [2.05, 4.69) is 42.8 Å². The van der Waals surface area contributed by atoms with Crippen molar-refractivity contribution < 1.29 is 0 Å². The summed E-state index contributed by atoms with van der Waals surface area (Å²) >= 11 is 6.58. The Bertz CT molecular complexity index is 461. The lowest BCUT2D eigenvalue weighted by Gasteiger charge is -2.42. The van der Waals surface area contributed by atoms with Crippen LogP contribution in [0.25, 0.3) is 0 Å². The summed E-state index contributed by atoms with van der Waals surface area (Å²) in [6, 6.07) is 0. The molecule has 0 atom stereocenters. The second kappa shape index (κ2) is 7.15. The van der Waals surface area contributed by atoms with Crippen molar-refractivity contribution in [3.8, 4) is 0 Å². The molecule has 1 fully saturated rings. The lowest BCUT2D eigenvalue weighted by Crippen LogP contribution is -2.43. The molecule has 1 aliphatic carbocycles. The molecule has 0 spiro atoms. The molecule has 120 valence electrons. The molecule has 21 heavy (non-hydrogen) atoms. The van der Waals surface area contributed by atoms with Gasteiger partial charge < -0.3 is 5.32 Å². The Balaban J connectivity index is 2.09. The van der Waals surface area contributed by atoms with Crippen LogP contribution in [0.1, 0.15) is 58.3 Å². The van der Waals surface area contributed by atoms with Crippen molar-refractivity contribution in [2.45, 2.75) is 66.3 Å². The predicted octanol–water partition coefficient (Wildman–Crippen LogP) is 4.08. The molecule has 2 rings (SSSR count). The first kappa shape index (κ1) is 16.8. The summed E-state index contributed by atoms with van der Waals surface area (Å²) in [6.07, 6.45) is 5.95. The van der Waals surface area contributed by atoms with Gasteiger partial charge in [0.1, 0.15) is 0 Å². The lowest BCUT2D eigenvalue weighted by atomic mass is 9.66. The van der Waals surface area contributed by atoms with E-state index in [1.807, 2.05) is 0 Å². The van der Waals surface area contributed by atoms with E-state index in [1.165, 1.54) is 25.0 Å². The highest BCUT2D eigenvalue weighted by Crippen LogP contribution is 2.44. The summed E-state index contributed by atoms with van der Waals surface area (Å²) < 4.78 is 2.11. The standard InChI is InChI=1S/C17H30ClN3/c1-5-14-16(18)15(21(6-2)20-14)10-17(8-7-9-17)12-19-11-13(3)4/h13,19H,5-12H2,1-4H3. The Kier molecular flexibility index (Phi) is 5.73. The summed E-state index contributed by atoms with van der Waals surface area (Å²) in [5.74, 6) is 0.707. The van der Waals surface area contributed by atoms with E-state index in [4.69, 9.17) is 11.6 Å². The monoisotopic (exact) mass is 311 g/mol. The summed E-state index contributed by atoms with van der Waals surface area (Å²) in [5.41, 5.74) is 2.71. The van der Waals surface area contributed by atoms with Gasteiger partial charge in [-0.2, -0.15) is 5.10 Å². The van der Waals surface area contributed by atoms with Crippen LogP contribution in [0.15, 0.2) is 0 Å². The van der Waals surface area contributed by atoms with Crippen molar-refractivity contribution >= 4 is 11.6 Å². The van der Waals surface area contributed by atoms with E-state index >= 15 is 0 Å². The smallest absolute Gasteiger partial charge is 0.0850 e. The van der Waals surface area contributed by atoms with Gasteiger partial charge in [0.2, 0.25) is 0 Å². The Morgan fingerprint density at radius 2 is 2.05 bits per heavy atom. The van der Waals surface area contributed by atoms with Crippen molar-refractivity contribution in [3.05, 3.63) is 16.4 Å². The molecule has 4 heteroatoms. The van der Waals surface area contributed by atoms with Gasteiger partial charge in [0.25, 0.3) is 0 Å². The Morgan fingerprint density at radius 3 is 2.52 bits per heavy atom. The molecule has 1 aromatic rings. The summed E-state index contributed by atoms with van der Waals surface area (Å²) in [5, 5.41) is 9.23. The molecule has 1 aliphatic rings. The second-order valence-corrected chi connectivity index (χ2v) is 7.31. The van der Waals surface area contributed by atoms with E-state index < -0.39 is 0 Å². The topological polar surface area (TPSA) is 29.9 Å². The van der Waals surface area contributed by atoms with Crippen LogP contribution in [0.4, 0.5) is 0 Å². The predicted molar refractivity (Wildman–Crippen MR) is 90.0 cm³/mol. The van der Waals surface area contributed by atoms with Gasteiger partial charge in [0.15, 0.2) is 0 Å². The van der Waals surface area contributed by atoms with Crippen LogP contribution in [-0.2, 0) is 19.4 Å². The molecule has 3 nitrogen and oxygen atoms in total. The van der Waals surface area contributed by atoms with Crippen molar-refractivity contribution in [2.24, 2.45) is 11.3 Å². The van der Waals surface area contributed by atoms with E-state index in [0.29, 0.717) is 11.3 Å². The summed E-state index contributed by atoms with van der Waals surface area (Å²) in [7, 11) is 0. The molecule has 0 amide bonds. The van der Waals surface area contributed by atoms with Crippen LogP contribution < -0.4 is 5.32 Å². The molecule has 0 aromatic carbocycles. The Hall–Kier alpha value is -0.540. The molecule has 0 radical (unpaired) electrons. The number of aryl methyl sites for hydroxylation is 2. The number of rotatable bonds is 8. The largest absolute Gasteiger partial charge is 0.316 e. The first-order valence-electron chi connectivity index (χ1n) is 8.46. The van der Waals surface area contributed by atoms with Gasteiger partial charge in [0, 0.05) is 13.1 Å². The normalized spacial score (nSPS) is 17.2. The maximum absolute atomic E-state index is 6.58. The van der Waals surface area contributed by atoms with Gasteiger partial charge in [-0.25, -0.2) is 0 Å². The van der Waals surface area contributed by atoms with Gasteiger partial charge >= 0.3 is 0 Å². The van der Waals surface area contributed by atoms with Crippen molar-refractivity contribution in [1.29, 1.82) is 0 Å². The fraction of sp³-hybridized carbons (Fsp3) is 0.824. The van der Waals surface area contributed by atoms with Gasteiger partial charge in [-0.15, -0.1) is 0 Å². The number of halogens is 1. The van der Waals surface area contributed by atoms with Gasteiger partial charge in [-0.05, 0) is 50.5 Å². The second-order valence-electron chi connectivity index (χ2n) is 6.93. The highest BCUT2D eigenvalue weighted by atomic mass is 35.5. The first-order valence-corrected chi connectivity index (χ1v) is 8.84. The van der Waals surface area contributed by atoms with Crippen LogP contribution >= 0.6 is 11.6 Å². The third-order valence-electron chi connectivity index (χ3n) is 4.70. The fourth-order valence-electron chi connectivity index (χ4n) is 3.26. The van der Waals surface area contributed by atoms with Crippen LogP contribution in [0.3, 0.4) is 0 Å². The highest BCUT2D eigenvalue weighted by Gasteiger charge is 2.38. The number of nitrogens with zero attached hydrogens (tertiary/aromatic N) is 2. The molecule has 0 aliphatic heterocycles. The van der Waals surface area contributed by atoms with Crippen molar-refractivity contribution in [2.75, 3.05) is 13.1 Å². The van der Waals surface area contributed by atoms with Gasteiger partial charge in [-0.1, -0.05) is 38.8 Å². The van der Waals surface area contributed by atoms with Crippen LogP contribution in [-0.4, -0.2) is 22.9 Å². The zero-order chi connectivity index (χ0) is 15.5. The molecule has 0 bridgehead atoms. The molecular weight excluding hydrogens is 282 g/mol. The van der Waals surface area contributed by atoms with E-state index in [-0.39, 0.29) is 0 Å². The third-order valence-corrected chi connectivity index (χ3v) is 5.14. The van der Waals surface area contributed by atoms with E-state index in [1.54, 1.807) is 0 Å². The average molecular weight is 312 g/mol. The zero-order valence-electron chi connectivity index (χ0n) is 14.0. The van der Waals surface area contributed by atoms with E-state index in [0.717, 1.165) is 43.2 Å². The fourth-order valence-corrected chi connectivity index (χ4v) is 3.60. The SMILES string of the molecule is CCc1nn(CC)c(CC2(CNCC(C)C)CCC2)c1Cl. The highest BCUT2D eigenvalue weighted by molar-refractivity contribution is 6.31. The quantitative estimate of drug-likeness (QED) is 0.784. The molecule has 0 unspecified atom stereocenters. The third kappa shape index (κ3) is 3.81. The lowest BCUT2D eigenvalue weighted by molar-refractivity contribution is 0.125. The molecule has 1 N–H and O–H groups in total. The Morgan fingerprint density at radius 1 is 1.33 bits per heavy atom. The minimum Gasteiger partial charge on any atom is -0.316 e. The maximum Gasteiger partial charge on any atom is 0.0850 e. The van der Waals surface area contributed by atoms with E-state index in [9.17, 15) is 0 Å². The number of hydrogen-bond acceptors (Lipinski definition) is 2. The number of hydrogen-bond donors (Lipinski definition) is 1. The van der Waals surface area contributed by atoms with Crippen molar-refractivity contribution in [3.63, 3.8) is 0 Å². The summed E-state index contributed by atoms with van der Waals surface area (Å²) in [4.78, 5) is 0. The number of nitrogens with one attached hydrogen (secondary N) is 1. The molecule has 1 aromatic heterocycles. The van der Waals surface area contributed by atoms with Gasteiger partial charge in [-0.3, -0.25) is 4.68 Å². The number of aromatic nitrogens is 2. The molecular formula is C17H30ClN3. The summed E-state index contributed by atoms with van der Waals surface area (Å²) in [6.45, 7) is 11.9. The maximum atomic E-state index is 6.58. The molecule has 0 saturated heterocycles.